The van der Waals surface area contributed by atoms with E-state index in [1.807, 2.05) is 0 Å². The van der Waals surface area contributed by atoms with Gasteiger partial charge in [-0.15, -0.1) is 8.78 Å². The minimum absolute atomic E-state index is 0.0138. The van der Waals surface area contributed by atoms with Crippen molar-refractivity contribution in [3.05, 3.63) is 54.1 Å². The van der Waals surface area contributed by atoms with Crippen LogP contribution in [0.1, 0.15) is 5.56 Å². The second kappa shape index (κ2) is 6.30. The van der Waals surface area contributed by atoms with Crippen LogP contribution in [-0.2, 0) is 14.8 Å². The van der Waals surface area contributed by atoms with Crippen LogP contribution in [0, 0.1) is 0 Å². The molecule has 136 valence electrons. The lowest BCUT2D eigenvalue weighted by Crippen LogP contribution is -2.25. The number of halogens is 2. The molecule has 2 N–H and O–H groups in total. The summed E-state index contributed by atoms with van der Waals surface area (Å²) in [5.41, 5.74) is 0.511. The Kier molecular flexibility index (Phi) is 4.28. The third-order valence-electron chi connectivity index (χ3n) is 3.26. The summed E-state index contributed by atoms with van der Waals surface area (Å²) in [6.07, 6.45) is -1.56. The summed E-state index contributed by atoms with van der Waals surface area (Å²) >= 11 is 0. The molecule has 0 radical (unpaired) electrons. The van der Waals surface area contributed by atoms with Crippen molar-refractivity contribution >= 4 is 27.8 Å². The highest BCUT2D eigenvalue weighted by molar-refractivity contribution is 7.92. The zero-order valence-corrected chi connectivity index (χ0v) is 13.7. The first-order chi connectivity index (χ1) is 12.1. The van der Waals surface area contributed by atoms with E-state index in [0.29, 0.717) is 5.56 Å². The molecule has 0 unspecified atom stereocenters. The number of hydrogen-bond donors (Lipinski definition) is 2. The Bertz CT molecular complexity index is 986. The summed E-state index contributed by atoms with van der Waals surface area (Å²) in [5.74, 6) is -1.62. The predicted molar refractivity (Wildman–Crippen MR) is 86.6 cm³/mol. The number of rotatable bonds is 5. The average Bonchev–Trinajstić information content (AvgIpc) is 2.86. The zero-order chi connectivity index (χ0) is 18.9. The Labute approximate surface area is 146 Å². The van der Waals surface area contributed by atoms with E-state index >= 15 is 0 Å². The van der Waals surface area contributed by atoms with Crippen molar-refractivity contribution in [2.75, 3.05) is 4.72 Å². The number of carbonyl (C=O) groups is 1. The van der Waals surface area contributed by atoms with Gasteiger partial charge in [0.25, 0.3) is 10.0 Å². The number of carboxylic acid groups (broad SMARTS) is 1. The molecule has 0 aliphatic carbocycles. The van der Waals surface area contributed by atoms with E-state index in [-0.39, 0.29) is 22.1 Å². The number of fused-ring (bicyclic) bond motifs is 1. The summed E-state index contributed by atoms with van der Waals surface area (Å²) in [6, 6.07) is 8.91. The van der Waals surface area contributed by atoms with Gasteiger partial charge in [-0.05, 0) is 35.9 Å². The molecular weight excluding hydrogens is 372 g/mol. The minimum atomic E-state index is -3.98. The van der Waals surface area contributed by atoms with Crippen molar-refractivity contribution in [1.82, 2.24) is 0 Å². The van der Waals surface area contributed by atoms with Gasteiger partial charge in [-0.2, -0.15) is 0 Å². The molecule has 0 saturated carbocycles. The molecule has 2 aromatic rings. The molecule has 1 aliphatic heterocycles. The normalized spacial score (nSPS) is 15.2. The average molecular weight is 383 g/mol. The van der Waals surface area contributed by atoms with Crippen LogP contribution < -0.4 is 14.2 Å². The summed E-state index contributed by atoms with van der Waals surface area (Å²) in [5, 5.41) is 8.56. The fourth-order valence-corrected chi connectivity index (χ4v) is 3.20. The Balaban J connectivity index is 1.79. The highest BCUT2D eigenvalue weighted by Gasteiger charge is 2.43. The molecule has 0 saturated heterocycles. The van der Waals surface area contributed by atoms with Crippen LogP contribution in [0.15, 0.2) is 53.4 Å². The van der Waals surface area contributed by atoms with Crippen LogP contribution in [0.2, 0.25) is 0 Å². The maximum Gasteiger partial charge on any atom is 0.586 e. The van der Waals surface area contributed by atoms with E-state index in [1.165, 1.54) is 36.4 Å². The smallest absolute Gasteiger partial charge is 0.478 e. The van der Waals surface area contributed by atoms with Crippen LogP contribution in [0.5, 0.6) is 11.5 Å². The number of aliphatic carboxylic acids is 1. The van der Waals surface area contributed by atoms with E-state index in [0.717, 1.165) is 18.2 Å². The molecule has 7 nitrogen and oxygen atoms in total. The van der Waals surface area contributed by atoms with Gasteiger partial charge in [0, 0.05) is 12.1 Å². The van der Waals surface area contributed by atoms with Gasteiger partial charge in [0.1, 0.15) is 0 Å². The minimum Gasteiger partial charge on any atom is -0.478 e. The molecule has 0 amide bonds. The highest BCUT2D eigenvalue weighted by atomic mass is 32.2. The van der Waals surface area contributed by atoms with Crippen LogP contribution in [-0.4, -0.2) is 25.8 Å². The van der Waals surface area contributed by atoms with Gasteiger partial charge in [0.05, 0.1) is 10.6 Å². The van der Waals surface area contributed by atoms with Crippen molar-refractivity contribution < 1.29 is 36.6 Å². The Morgan fingerprint density at radius 2 is 1.73 bits per heavy atom. The Morgan fingerprint density at radius 3 is 2.38 bits per heavy atom. The molecule has 0 atom stereocenters. The molecule has 0 aromatic heterocycles. The number of ether oxygens (including phenoxy) is 2. The molecule has 1 heterocycles. The number of nitrogens with one attached hydrogen (secondary N) is 1. The van der Waals surface area contributed by atoms with Crippen LogP contribution in [0.3, 0.4) is 0 Å². The maximum absolute atomic E-state index is 13.0. The first kappa shape index (κ1) is 17.7. The van der Waals surface area contributed by atoms with E-state index in [4.69, 9.17) is 5.11 Å². The van der Waals surface area contributed by atoms with Gasteiger partial charge < -0.3 is 14.6 Å². The predicted octanol–water partition coefficient (Wildman–Crippen LogP) is 2.91. The largest absolute Gasteiger partial charge is 0.586 e. The third-order valence-corrected chi connectivity index (χ3v) is 4.66. The lowest BCUT2D eigenvalue weighted by Gasteiger charge is -2.09. The summed E-state index contributed by atoms with van der Waals surface area (Å²) < 4.78 is 61.5. The first-order valence-corrected chi connectivity index (χ1v) is 8.57. The summed E-state index contributed by atoms with van der Waals surface area (Å²) in [7, 11) is -3.98. The number of sulfonamides is 1. The van der Waals surface area contributed by atoms with E-state index in [1.54, 1.807) is 0 Å². The molecule has 0 bridgehead atoms. The van der Waals surface area contributed by atoms with Gasteiger partial charge in [-0.1, -0.05) is 12.1 Å². The number of hydrogen-bond acceptors (Lipinski definition) is 5. The Hall–Kier alpha value is -3.14. The van der Waals surface area contributed by atoms with E-state index < -0.39 is 22.3 Å². The molecule has 26 heavy (non-hydrogen) atoms. The van der Waals surface area contributed by atoms with Crippen LogP contribution in [0.25, 0.3) is 6.08 Å². The lowest BCUT2D eigenvalue weighted by atomic mass is 10.2. The zero-order valence-electron chi connectivity index (χ0n) is 12.8. The standard InChI is InChI=1S/C16H11F2NO6S/c17-16(18)24-13-7-4-11(9-14(13)25-16)19-26(22,23)12-5-1-10(2-6-12)3-8-15(20)21/h1-9,19H,(H,20,21)/b8-3+. The summed E-state index contributed by atoms with van der Waals surface area (Å²) in [6.45, 7) is 0. The van der Waals surface area contributed by atoms with E-state index in [2.05, 4.69) is 14.2 Å². The molecule has 2 aromatic carbocycles. The number of carboxylic acids is 1. The van der Waals surface area contributed by atoms with Gasteiger partial charge in [0.15, 0.2) is 11.5 Å². The second-order valence-corrected chi connectivity index (χ2v) is 6.86. The van der Waals surface area contributed by atoms with Gasteiger partial charge >= 0.3 is 12.3 Å². The summed E-state index contributed by atoms with van der Waals surface area (Å²) in [4.78, 5) is 10.4. The fraction of sp³-hybridized carbons (Fsp3) is 0.0625. The van der Waals surface area contributed by atoms with Crippen molar-refractivity contribution in [3.8, 4) is 11.5 Å². The van der Waals surface area contributed by atoms with Crippen molar-refractivity contribution in [2.45, 2.75) is 11.2 Å². The van der Waals surface area contributed by atoms with Gasteiger partial charge in [0.2, 0.25) is 0 Å². The molecule has 3 rings (SSSR count). The highest BCUT2D eigenvalue weighted by Crippen LogP contribution is 2.42. The van der Waals surface area contributed by atoms with Crippen molar-refractivity contribution in [2.24, 2.45) is 0 Å². The monoisotopic (exact) mass is 383 g/mol. The number of benzene rings is 2. The molecular formula is C16H11F2NO6S. The topological polar surface area (TPSA) is 102 Å². The quantitative estimate of drug-likeness (QED) is 0.770. The third kappa shape index (κ3) is 3.91. The first-order valence-electron chi connectivity index (χ1n) is 7.08. The van der Waals surface area contributed by atoms with Crippen LogP contribution in [0.4, 0.5) is 14.5 Å². The van der Waals surface area contributed by atoms with Crippen molar-refractivity contribution in [1.29, 1.82) is 0 Å². The van der Waals surface area contributed by atoms with Crippen molar-refractivity contribution in [3.63, 3.8) is 0 Å². The SMILES string of the molecule is O=C(O)/C=C/c1ccc(S(=O)(=O)Nc2ccc3c(c2)OC(F)(F)O3)cc1. The molecule has 0 fully saturated rings. The maximum atomic E-state index is 13.0. The molecule has 0 spiro atoms. The number of alkyl halides is 2. The lowest BCUT2D eigenvalue weighted by molar-refractivity contribution is -0.286. The Morgan fingerprint density at radius 1 is 1.08 bits per heavy atom. The number of anilines is 1. The molecule has 1 aliphatic rings. The van der Waals surface area contributed by atoms with Gasteiger partial charge in [-0.25, -0.2) is 13.2 Å². The second-order valence-electron chi connectivity index (χ2n) is 5.18. The fourth-order valence-electron chi connectivity index (χ4n) is 2.15. The van der Waals surface area contributed by atoms with Gasteiger partial charge in [-0.3, -0.25) is 4.72 Å². The van der Waals surface area contributed by atoms with E-state index in [9.17, 15) is 22.0 Å². The molecule has 10 heteroatoms. The van der Waals surface area contributed by atoms with Crippen LogP contribution >= 0.6 is 0 Å².